The molecular weight excluding hydrogens is 160 g/mol. The fourth-order valence-electron chi connectivity index (χ4n) is 1.73. The molecule has 1 aliphatic carbocycles. The zero-order valence-corrected chi connectivity index (χ0v) is 6.36. The monoisotopic (exact) mass is 168 g/mol. The second-order valence-corrected chi connectivity index (χ2v) is 3.13. The molecule has 0 saturated carbocycles. The fourth-order valence-corrected chi connectivity index (χ4v) is 1.73. The molecule has 64 valence electrons. The highest BCUT2D eigenvalue weighted by Crippen LogP contribution is 2.42. The van der Waals surface area contributed by atoms with Crippen molar-refractivity contribution in [1.82, 2.24) is 0 Å². The number of rotatable bonds is 0. The largest absolute Gasteiger partial charge is 0.355 e. The summed E-state index contributed by atoms with van der Waals surface area (Å²) >= 11 is 0. The number of epoxide rings is 1. The molecule has 2 unspecified atom stereocenters. The predicted octanol–water partition coefficient (Wildman–Crippen LogP) is -0.364. The lowest BCUT2D eigenvalue weighted by molar-refractivity contribution is -0.135. The molecule has 3 rings (SSSR count). The van der Waals surface area contributed by atoms with Crippen LogP contribution in [0.3, 0.4) is 0 Å². The molecule has 0 bridgehead atoms. The number of fused-ring (bicyclic) bond motifs is 2. The first-order valence-corrected chi connectivity index (χ1v) is 3.98. The smallest absolute Gasteiger partial charge is 0.218 e. The van der Waals surface area contributed by atoms with Crippen LogP contribution in [0.15, 0.2) is 12.2 Å². The maximum atomic E-state index is 11.1. The van der Waals surface area contributed by atoms with Gasteiger partial charge < -0.3 is 14.2 Å². The van der Waals surface area contributed by atoms with Gasteiger partial charge in [-0.15, -0.1) is 0 Å². The molecule has 2 heterocycles. The molecule has 2 aliphatic heterocycles. The van der Waals surface area contributed by atoms with E-state index in [1.54, 1.807) is 6.08 Å². The van der Waals surface area contributed by atoms with E-state index >= 15 is 0 Å². The van der Waals surface area contributed by atoms with Crippen LogP contribution in [0.25, 0.3) is 0 Å². The Bertz CT molecular complexity index is 264. The Kier molecular flexibility index (Phi) is 1.11. The van der Waals surface area contributed by atoms with Gasteiger partial charge in [-0.25, -0.2) is 0 Å². The van der Waals surface area contributed by atoms with Crippen molar-refractivity contribution in [3.05, 3.63) is 12.2 Å². The molecule has 1 spiro atoms. The number of carbonyl (C=O) groups excluding carboxylic acids is 1. The Morgan fingerprint density at radius 3 is 2.92 bits per heavy atom. The van der Waals surface area contributed by atoms with Crippen molar-refractivity contribution in [1.29, 1.82) is 0 Å². The Labute approximate surface area is 69.1 Å². The van der Waals surface area contributed by atoms with Gasteiger partial charge in [0.2, 0.25) is 5.79 Å². The molecule has 2 saturated heterocycles. The van der Waals surface area contributed by atoms with Crippen LogP contribution in [0.5, 0.6) is 0 Å². The summed E-state index contributed by atoms with van der Waals surface area (Å²) in [7, 11) is 0. The fraction of sp³-hybridized carbons (Fsp3) is 0.625. The standard InChI is InChI=1S/C8H8O4/c9-5-1-2-8(7-6(5)12-7)10-3-4-11-8/h1-2,6-7H,3-4H2. The van der Waals surface area contributed by atoms with E-state index in [0.29, 0.717) is 13.2 Å². The lowest BCUT2D eigenvalue weighted by atomic mass is 10.0. The zero-order valence-electron chi connectivity index (χ0n) is 6.36. The Hall–Kier alpha value is -0.710. The molecule has 0 aromatic rings. The third-order valence-corrected chi connectivity index (χ3v) is 2.39. The summed E-state index contributed by atoms with van der Waals surface area (Å²) in [6.07, 6.45) is 2.64. The van der Waals surface area contributed by atoms with E-state index < -0.39 is 5.79 Å². The molecule has 0 aromatic carbocycles. The van der Waals surface area contributed by atoms with Crippen molar-refractivity contribution in [3.8, 4) is 0 Å². The first kappa shape index (κ1) is 6.77. The molecule has 4 nitrogen and oxygen atoms in total. The van der Waals surface area contributed by atoms with Crippen molar-refractivity contribution in [2.75, 3.05) is 13.2 Å². The molecule has 0 radical (unpaired) electrons. The molecule has 0 N–H and O–H groups in total. The lowest BCUT2D eigenvalue weighted by Gasteiger charge is -2.22. The van der Waals surface area contributed by atoms with E-state index in [0.717, 1.165) is 0 Å². The minimum atomic E-state index is -0.738. The predicted molar refractivity (Wildman–Crippen MR) is 37.4 cm³/mol. The average Bonchev–Trinajstić information content (AvgIpc) is 2.77. The van der Waals surface area contributed by atoms with Crippen LogP contribution in [0, 0.1) is 0 Å². The van der Waals surface area contributed by atoms with E-state index in [1.165, 1.54) is 6.08 Å². The van der Waals surface area contributed by atoms with E-state index in [4.69, 9.17) is 14.2 Å². The van der Waals surface area contributed by atoms with Gasteiger partial charge in [-0.05, 0) is 12.2 Å². The number of hydrogen-bond acceptors (Lipinski definition) is 4. The van der Waals surface area contributed by atoms with Gasteiger partial charge in [-0.2, -0.15) is 0 Å². The third kappa shape index (κ3) is 0.696. The van der Waals surface area contributed by atoms with Crippen LogP contribution >= 0.6 is 0 Å². The number of ether oxygens (including phenoxy) is 3. The minimum absolute atomic E-state index is 0.0183. The lowest BCUT2D eigenvalue weighted by Crippen LogP contribution is -2.39. The number of hydrogen-bond donors (Lipinski definition) is 0. The van der Waals surface area contributed by atoms with Crippen LogP contribution in [-0.4, -0.2) is 37.0 Å². The highest BCUT2D eigenvalue weighted by Gasteiger charge is 2.62. The molecule has 0 amide bonds. The Morgan fingerprint density at radius 2 is 2.17 bits per heavy atom. The minimum Gasteiger partial charge on any atom is -0.355 e. The highest BCUT2D eigenvalue weighted by atomic mass is 16.8. The molecular formula is C8H8O4. The van der Waals surface area contributed by atoms with Crippen LogP contribution in [-0.2, 0) is 19.0 Å². The number of carbonyl (C=O) groups is 1. The van der Waals surface area contributed by atoms with Gasteiger partial charge in [-0.3, -0.25) is 4.79 Å². The van der Waals surface area contributed by atoms with E-state index in [9.17, 15) is 4.79 Å². The summed E-state index contributed by atoms with van der Waals surface area (Å²) in [6, 6.07) is 0. The van der Waals surface area contributed by atoms with Gasteiger partial charge in [0.15, 0.2) is 11.9 Å². The summed E-state index contributed by atoms with van der Waals surface area (Å²) < 4.78 is 16.0. The summed E-state index contributed by atoms with van der Waals surface area (Å²) in [6.45, 7) is 1.15. The molecule has 0 aromatic heterocycles. The summed E-state index contributed by atoms with van der Waals surface area (Å²) in [5.41, 5.74) is 0. The quantitative estimate of drug-likeness (QED) is 0.463. The van der Waals surface area contributed by atoms with Crippen molar-refractivity contribution in [3.63, 3.8) is 0 Å². The van der Waals surface area contributed by atoms with E-state index in [2.05, 4.69) is 0 Å². The zero-order chi connectivity index (χ0) is 8.18. The van der Waals surface area contributed by atoms with Crippen LogP contribution < -0.4 is 0 Å². The van der Waals surface area contributed by atoms with Gasteiger partial charge in [0.05, 0.1) is 13.2 Å². The Morgan fingerprint density at radius 1 is 1.42 bits per heavy atom. The van der Waals surface area contributed by atoms with Crippen molar-refractivity contribution < 1.29 is 19.0 Å². The summed E-state index contributed by atoms with van der Waals surface area (Å²) in [5.74, 6) is -0.719. The van der Waals surface area contributed by atoms with Crippen molar-refractivity contribution in [2.45, 2.75) is 18.0 Å². The Balaban J connectivity index is 1.97. The average molecular weight is 168 g/mol. The van der Waals surface area contributed by atoms with Gasteiger partial charge in [0, 0.05) is 0 Å². The second kappa shape index (κ2) is 1.96. The van der Waals surface area contributed by atoms with Gasteiger partial charge >= 0.3 is 0 Å². The van der Waals surface area contributed by atoms with Crippen LogP contribution in [0.1, 0.15) is 0 Å². The molecule has 2 fully saturated rings. The van der Waals surface area contributed by atoms with Crippen LogP contribution in [0.4, 0.5) is 0 Å². The molecule has 2 atom stereocenters. The van der Waals surface area contributed by atoms with Crippen LogP contribution in [0.2, 0.25) is 0 Å². The highest BCUT2D eigenvalue weighted by molar-refractivity contribution is 5.97. The van der Waals surface area contributed by atoms with E-state index in [1.807, 2.05) is 0 Å². The molecule has 12 heavy (non-hydrogen) atoms. The van der Waals surface area contributed by atoms with E-state index in [-0.39, 0.29) is 18.0 Å². The third-order valence-electron chi connectivity index (χ3n) is 2.39. The maximum absolute atomic E-state index is 11.1. The normalized spacial score (nSPS) is 41.8. The second-order valence-electron chi connectivity index (χ2n) is 3.13. The van der Waals surface area contributed by atoms with Crippen molar-refractivity contribution >= 4 is 5.78 Å². The maximum Gasteiger partial charge on any atom is 0.218 e. The summed E-state index contributed by atoms with van der Waals surface area (Å²) in [4.78, 5) is 11.1. The van der Waals surface area contributed by atoms with Gasteiger partial charge in [0.1, 0.15) is 6.10 Å². The summed E-state index contributed by atoms with van der Waals surface area (Å²) in [5, 5.41) is 0. The van der Waals surface area contributed by atoms with Gasteiger partial charge in [-0.1, -0.05) is 0 Å². The molecule has 3 aliphatic rings. The molecule has 4 heteroatoms. The number of ketones is 1. The first-order chi connectivity index (χ1) is 5.82. The van der Waals surface area contributed by atoms with Crippen molar-refractivity contribution in [2.24, 2.45) is 0 Å². The first-order valence-electron chi connectivity index (χ1n) is 3.98. The van der Waals surface area contributed by atoms with Gasteiger partial charge in [0.25, 0.3) is 0 Å². The SMILES string of the molecule is O=C1C=CC2(OCCO2)C2OC12. The topological polar surface area (TPSA) is 48.1 Å².